The Bertz CT molecular complexity index is 1060. The molecule has 0 fully saturated rings. The van der Waals surface area contributed by atoms with Crippen molar-refractivity contribution in [3.63, 3.8) is 0 Å². The average molecular weight is 407 g/mol. The minimum Gasteiger partial charge on any atom is -0.453 e. The van der Waals surface area contributed by atoms with Crippen LogP contribution in [-0.4, -0.2) is 44.0 Å². The fourth-order valence-corrected chi connectivity index (χ4v) is 2.69. The first-order valence-electron chi connectivity index (χ1n) is 9.28. The van der Waals surface area contributed by atoms with E-state index in [4.69, 9.17) is 4.74 Å². The predicted molar refractivity (Wildman–Crippen MR) is 109 cm³/mol. The molecule has 0 unspecified atom stereocenters. The quantitative estimate of drug-likeness (QED) is 0.472. The van der Waals surface area contributed by atoms with Crippen LogP contribution in [0.25, 0.3) is 11.4 Å². The highest BCUT2D eigenvalue weighted by Gasteiger charge is 2.20. The van der Waals surface area contributed by atoms with Gasteiger partial charge in [0.2, 0.25) is 17.5 Å². The highest BCUT2D eigenvalue weighted by Crippen LogP contribution is 2.15. The van der Waals surface area contributed by atoms with Gasteiger partial charge in [-0.3, -0.25) is 9.59 Å². The number of benzene rings is 2. The smallest absolute Gasteiger partial charge is 0.330 e. The van der Waals surface area contributed by atoms with Crippen LogP contribution in [0.15, 0.2) is 48.5 Å². The Morgan fingerprint density at radius 3 is 2.37 bits per heavy atom. The van der Waals surface area contributed by atoms with Crippen molar-refractivity contribution in [2.75, 3.05) is 5.32 Å². The molecule has 1 N–H and O–H groups in total. The third-order valence-electron chi connectivity index (χ3n) is 4.20. The Morgan fingerprint density at radius 2 is 1.73 bits per heavy atom. The first-order chi connectivity index (χ1) is 14.3. The molecule has 1 atom stereocenters. The van der Waals surface area contributed by atoms with Gasteiger partial charge in [-0.1, -0.05) is 29.8 Å². The van der Waals surface area contributed by atoms with Crippen molar-refractivity contribution in [3.8, 4) is 11.4 Å². The highest BCUT2D eigenvalue weighted by molar-refractivity contribution is 6.00. The van der Waals surface area contributed by atoms with E-state index in [2.05, 4.69) is 20.7 Å². The van der Waals surface area contributed by atoms with Crippen molar-refractivity contribution in [2.45, 2.75) is 33.4 Å². The van der Waals surface area contributed by atoms with Crippen LogP contribution in [0.1, 0.15) is 29.8 Å². The average Bonchev–Trinajstić information content (AvgIpc) is 3.16. The van der Waals surface area contributed by atoms with E-state index in [1.807, 2.05) is 31.2 Å². The molecule has 154 valence electrons. The van der Waals surface area contributed by atoms with Gasteiger partial charge in [0.25, 0.3) is 0 Å². The number of hydrogen-bond acceptors (Lipinski definition) is 7. The predicted octanol–water partition coefficient (Wildman–Crippen LogP) is 2.42. The number of amides is 1. The number of ketones is 1. The normalized spacial score (nSPS) is 11.6. The van der Waals surface area contributed by atoms with Crippen molar-refractivity contribution < 1.29 is 19.1 Å². The molecule has 0 saturated heterocycles. The van der Waals surface area contributed by atoms with Crippen LogP contribution in [0.2, 0.25) is 0 Å². The molecule has 30 heavy (non-hydrogen) atoms. The van der Waals surface area contributed by atoms with Crippen molar-refractivity contribution in [2.24, 2.45) is 0 Å². The molecule has 2 aromatic carbocycles. The van der Waals surface area contributed by atoms with Crippen LogP contribution in [0.3, 0.4) is 0 Å². The molecule has 0 radical (unpaired) electrons. The van der Waals surface area contributed by atoms with Crippen LogP contribution in [0.4, 0.5) is 5.69 Å². The number of esters is 1. The standard InChI is InChI=1S/C21H21N5O4/c1-13-4-6-17(7-5-13)21-23-25-26(24-21)12-19(28)30-14(2)20(29)16-8-10-18(11-9-16)22-15(3)27/h4-11,14H,12H2,1-3H3,(H,22,27)/t14-/m0/s1. The van der Waals surface area contributed by atoms with Gasteiger partial charge in [-0.25, -0.2) is 4.79 Å². The zero-order valence-corrected chi connectivity index (χ0v) is 16.8. The van der Waals surface area contributed by atoms with Gasteiger partial charge in [0.15, 0.2) is 12.6 Å². The molecule has 3 rings (SSSR count). The van der Waals surface area contributed by atoms with Crippen molar-refractivity contribution in [1.82, 2.24) is 20.2 Å². The molecule has 0 saturated carbocycles. The zero-order valence-electron chi connectivity index (χ0n) is 16.8. The lowest BCUT2D eigenvalue weighted by molar-refractivity contribution is -0.147. The summed E-state index contributed by atoms with van der Waals surface area (Å²) in [5.74, 6) is -0.821. The number of nitrogens with one attached hydrogen (secondary N) is 1. The number of carbonyl (C=O) groups excluding carboxylic acids is 3. The Balaban J connectivity index is 1.57. The summed E-state index contributed by atoms with van der Waals surface area (Å²) in [6, 6.07) is 13.9. The molecule has 3 aromatic rings. The van der Waals surface area contributed by atoms with Crippen LogP contribution >= 0.6 is 0 Å². The van der Waals surface area contributed by atoms with Crippen LogP contribution in [-0.2, 0) is 20.9 Å². The maximum atomic E-state index is 12.5. The number of hydrogen-bond donors (Lipinski definition) is 1. The van der Waals surface area contributed by atoms with Crippen molar-refractivity contribution in [3.05, 3.63) is 59.7 Å². The van der Waals surface area contributed by atoms with Crippen LogP contribution in [0.5, 0.6) is 0 Å². The summed E-state index contributed by atoms with van der Waals surface area (Å²) in [6.07, 6.45) is -0.982. The monoisotopic (exact) mass is 407 g/mol. The molecule has 1 heterocycles. The topological polar surface area (TPSA) is 116 Å². The number of Topliss-reactive ketones (excluding diaryl/α,β-unsaturated/α-hetero) is 1. The summed E-state index contributed by atoms with van der Waals surface area (Å²) < 4.78 is 5.21. The molecule has 0 aliphatic rings. The van der Waals surface area contributed by atoms with Gasteiger partial charge in [-0.2, -0.15) is 4.80 Å². The van der Waals surface area contributed by atoms with Gasteiger partial charge in [0, 0.05) is 23.7 Å². The van der Waals surface area contributed by atoms with E-state index >= 15 is 0 Å². The number of aromatic nitrogens is 4. The van der Waals surface area contributed by atoms with Crippen molar-refractivity contribution >= 4 is 23.3 Å². The van der Waals surface area contributed by atoms with Gasteiger partial charge >= 0.3 is 5.97 Å². The molecule has 1 amide bonds. The lowest BCUT2D eigenvalue weighted by Crippen LogP contribution is -2.27. The molecule has 0 spiro atoms. The number of rotatable bonds is 7. The molecule has 9 heteroatoms. The molecular weight excluding hydrogens is 386 g/mol. The van der Waals surface area contributed by atoms with E-state index in [1.165, 1.54) is 13.8 Å². The molecule has 0 aliphatic carbocycles. The molecule has 9 nitrogen and oxygen atoms in total. The summed E-state index contributed by atoms with van der Waals surface area (Å²) in [4.78, 5) is 36.8. The SMILES string of the molecule is CC(=O)Nc1ccc(C(=O)[C@H](C)OC(=O)Cn2nnc(-c3ccc(C)cc3)n2)cc1. The Morgan fingerprint density at radius 1 is 1.07 bits per heavy atom. The molecular formula is C21H21N5O4. The maximum Gasteiger partial charge on any atom is 0.330 e. The number of ether oxygens (including phenoxy) is 1. The van der Waals surface area contributed by atoms with Gasteiger partial charge in [0.1, 0.15) is 0 Å². The third-order valence-corrected chi connectivity index (χ3v) is 4.20. The second-order valence-corrected chi connectivity index (χ2v) is 6.76. The summed E-state index contributed by atoms with van der Waals surface area (Å²) >= 11 is 0. The fourth-order valence-electron chi connectivity index (χ4n) is 2.69. The van der Waals surface area contributed by atoms with Gasteiger partial charge in [0.05, 0.1) is 0 Å². The lowest BCUT2D eigenvalue weighted by atomic mass is 10.1. The Kier molecular flexibility index (Phi) is 6.31. The molecule has 1 aromatic heterocycles. The summed E-state index contributed by atoms with van der Waals surface area (Å²) in [6.45, 7) is 4.60. The number of nitrogens with zero attached hydrogens (tertiary/aromatic N) is 4. The number of aryl methyl sites for hydroxylation is 1. The largest absolute Gasteiger partial charge is 0.453 e. The molecule has 0 bridgehead atoms. The van der Waals surface area contributed by atoms with Gasteiger partial charge in [-0.05, 0) is 43.3 Å². The van der Waals surface area contributed by atoms with E-state index in [1.54, 1.807) is 24.3 Å². The second kappa shape index (κ2) is 9.08. The number of tetrazole rings is 1. The number of anilines is 1. The van der Waals surface area contributed by atoms with Gasteiger partial charge < -0.3 is 10.1 Å². The van der Waals surface area contributed by atoms with E-state index in [0.29, 0.717) is 17.1 Å². The first kappa shape index (κ1) is 20.8. The van der Waals surface area contributed by atoms with Gasteiger partial charge in [-0.15, -0.1) is 10.2 Å². The Hall–Kier alpha value is -3.88. The van der Waals surface area contributed by atoms with Crippen LogP contribution < -0.4 is 5.32 Å². The van der Waals surface area contributed by atoms with E-state index in [9.17, 15) is 14.4 Å². The summed E-state index contributed by atoms with van der Waals surface area (Å²) in [7, 11) is 0. The van der Waals surface area contributed by atoms with E-state index in [0.717, 1.165) is 15.9 Å². The lowest BCUT2D eigenvalue weighted by Gasteiger charge is -2.12. The second-order valence-electron chi connectivity index (χ2n) is 6.76. The Labute approximate surface area is 173 Å². The first-order valence-corrected chi connectivity index (χ1v) is 9.28. The highest BCUT2D eigenvalue weighted by atomic mass is 16.5. The van der Waals surface area contributed by atoms with E-state index in [-0.39, 0.29) is 18.2 Å². The zero-order chi connectivity index (χ0) is 21.7. The number of carbonyl (C=O) groups is 3. The van der Waals surface area contributed by atoms with Crippen LogP contribution in [0, 0.1) is 6.92 Å². The summed E-state index contributed by atoms with van der Waals surface area (Å²) in [5.41, 5.74) is 2.83. The van der Waals surface area contributed by atoms with Crippen molar-refractivity contribution in [1.29, 1.82) is 0 Å². The minimum absolute atomic E-state index is 0.205. The molecule has 0 aliphatic heterocycles. The van der Waals surface area contributed by atoms with E-state index < -0.39 is 12.1 Å². The fraction of sp³-hybridized carbons (Fsp3) is 0.238. The minimum atomic E-state index is -0.982. The maximum absolute atomic E-state index is 12.5. The summed E-state index contributed by atoms with van der Waals surface area (Å²) in [5, 5.41) is 14.6. The third kappa shape index (κ3) is 5.34.